The Morgan fingerprint density at radius 1 is 1.31 bits per heavy atom. The number of carbonyl (C=O) groups is 1. The third-order valence-electron chi connectivity index (χ3n) is 3.95. The second kappa shape index (κ2) is 5.17. The lowest BCUT2D eigenvalue weighted by atomic mass is 9.88. The number of esters is 1. The third-order valence-corrected chi connectivity index (χ3v) is 3.95. The van der Waals surface area contributed by atoms with Crippen molar-refractivity contribution in [3.8, 4) is 0 Å². The van der Waals surface area contributed by atoms with Gasteiger partial charge in [-0.05, 0) is 32.7 Å². The van der Waals surface area contributed by atoms with Crippen molar-refractivity contribution in [2.45, 2.75) is 57.6 Å². The molecule has 2 fully saturated rings. The highest BCUT2D eigenvalue weighted by molar-refractivity contribution is 5.77. The van der Waals surface area contributed by atoms with Crippen molar-refractivity contribution >= 4 is 5.97 Å². The van der Waals surface area contributed by atoms with E-state index in [-0.39, 0.29) is 18.1 Å². The normalized spacial score (nSPS) is 32.1. The number of cyclic esters (lactones) is 1. The van der Waals surface area contributed by atoms with E-state index in [1.807, 2.05) is 6.92 Å². The van der Waals surface area contributed by atoms with Crippen LogP contribution in [0.2, 0.25) is 0 Å². The molecule has 3 nitrogen and oxygen atoms in total. The summed E-state index contributed by atoms with van der Waals surface area (Å²) >= 11 is 0. The van der Waals surface area contributed by atoms with Gasteiger partial charge in [0.05, 0.1) is 0 Å². The maximum atomic E-state index is 11.6. The van der Waals surface area contributed by atoms with Crippen LogP contribution < -0.4 is 0 Å². The van der Waals surface area contributed by atoms with Gasteiger partial charge >= 0.3 is 5.97 Å². The minimum absolute atomic E-state index is 0.0110. The molecule has 1 heterocycles. The molecular weight excluding hydrogens is 202 g/mol. The molecule has 1 aliphatic heterocycles. The molecule has 0 amide bonds. The molecular formula is C13H23NO2. The van der Waals surface area contributed by atoms with Gasteiger partial charge in [-0.25, -0.2) is 0 Å². The Hall–Kier alpha value is -0.570. The number of hydrogen-bond acceptors (Lipinski definition) is 3. The molecule has 1 saturated heterocycles. The molecule has 0 aromatic heterocycles. The van der Waals surface area contributed by atoms with E-state index in [0.717, 1.165) is 18.9 Å². The van der Waals surface area contributed by atoms with Gasteiger partial charge in [0, 0.05) is 13.0 Å². The number of ether oxygens (including phenoxy) is 1. The highest BCUT2D eigenvalue weighted by atomic mass is 16.6. The smallest absolute Gasteiger partial charge is 0.323 e. The van der Waals surface area contributed by atoms with Gasteiger partial charge in [-0.3, -0.25) is 9.69 Å². The molecule has 1 aliphatic carbocycles. The molecule has 0 spiro atoms. The standard InChI is InChI=1S/C13H23NO2/c1-10-8-12(13(15)16-10)14(2)9-11-6-4-3-5-7-11/h10-12H,3-9H2,1-2H3/t10-,12-/m0/s1. The van der Waals surface area contributed by atoms with Crippen LogP contribution in [0.4, 0.5) is 0 Å². The molecule has 1 saturated carbocycles. The first-order chi connectivity index (χ1) is 7.66. The van der Waals surface area contributed by atoms with Crippen LogP contribution in [-0.4, -0.2) is 36.6 Å². The van der Waals surface area contributed by atoms with Crippen molar-refractivity contribution in [1.82, 2.24) is 4.90 Å². The lowest BCUT2D eigenvalue weighted by molar-refractivity contribution is -0.144. The topological polar surface area (TPSA) is 29.5 Å². The van der Waals surface area contributed by atoms with Gasteiger partial charge in [0.15, 0.2) is 0 Å². The largest absolute Gasteiger partial charge is 0.461 e. The van der Waals surface area contributed by atoms with Crippen LogP contribution in [0.25, 0.3) is 0 Å². The minimum Gasteiger partial charge on any atom is -0.461 e. The minimum atomic E-state index is -0.0224. The van der Waals surface area contributed by atoms with Crippen LogP contribution in [0, 0.1) is 5.92 Å². The van der Waals surface area contributed by atoms with Gasteiger partial charge in [0.2, 0.25) is 0 Å². The molecule has 16 heavy (non-hydrogen) atoms. The summed E-state index contributed by atoms with van der Waals surface area (Å²) in [5.74, 6) is 0.772. The lowest BCUT2D eigenvalue weighted by Crippen LogP contribution is -2.39. The number of likely N-dealkylation sites (N-methyl/N-ethyl adjacent to an activating group) is 1. The van der Waals surface area contributed by atoms with Gasteiger partial charge in [-0.2, -0.15) is 0 Å². The maximum absolute atomic E-state index is 11.6. The van der Waals surface area contributed by atoms with Crippen LogP contribution in [-0.2, 0) is 9.53 Å². The van der Waals surface area contributed by atoms with Crippen LogP contribution >= 0.6 is 0 Å². The van der Waals surface area contributed by atoms with Crippen LogP contribution in [0.5, 0.6) is 0 Å². The Labute approximate surface area is 98.1 Å². The van der Waals surface area contributed by atoms with E-state index < -0.39 is 0 Å². The van der Waals surface area contributed by atoms with Crippen molar-refractivity contribution in [1.29, 1.82) is 0 Å². The summed E-state index contributed by atoms with van der Waals surface area (Å²) in [6, 6.07) is 0.0110. The van der Waals surface area contributed by atoms with Crippen molar-refractivity contribution in [2.24, 2.45) is 5.92 Å². The first-order valence-electron chi connectivity index (χ1n) is 6.57. The van der Waals surface area contributed by atoms with E-state index in [2.05, 4.69) is 11.9 Å². The fourth-order valence-corrected chi connectivity index (χ4v) is 3.00. The number of carbonyl (C=O) groups excluding carboxylic acids is 1. The van der Waals surface area contributed by atoms with E-state index in [1.165, 1.54) is 32.1 Å². The average molecular weight is 225 g/mol. The van der Waals surface area contributed by atoms with Gasteiger partial charge in [-0.15, -0.1) is 0 Å². The molecule has 2 rings (SSSR count). The zero-order valence-corrected chi connectivity index (χ0v) is 10.4. The highest BCUT2D eigenvalue weighted by Crippen LogP contribution is 2.26. The Bertz CT molecular complexity index is 248. The summed E-state index contributed by atoms with van der Waals surface area (Å²) in [7, 11) is 2.07. The van der Waals surface area contributed by atoms with Crippen molar-refractivity contribution in [2.75, 3.05) is 13.6 Å². The van der Waals surface area contributed by atoms with Crippen molar-refractivity contribution < 1.29 is 9.53 Å². The fourth-order valence-electron chi connectivity index (χ4n) is 3.00. The Morgan fingerprint density at radius 2 is 2.00 bits per heavy atom. The van der Waals surface area contributed by atoms with Crippen molar-refractivity contribution in [3.63, 3.8) is 0 Å². The van der Waals surface area contributed by atoms with Gasteiger partial charge in [0.25, 0.3) is 0 Å². The van der Waals surface area contributed by atoms with Crippen LogP contribution in [0.1, 0.15) is 45.4 Å². The summed E-state index contributed by atoms with van der Waals surface area (Å²) in [4.78, 5) is 13.8. The monoisotopic (exact) mass is 225 g/mol. The number of rotatable bonds is 3. The molecule has 2 aliphatic rings. The Balaban J connectivity index is 1.82. The highest BCUT2D eigenvalue weighted by Gasteiger charge is 2.35. The van der Waals surface area contributed by atoms with Gasteiger partial charge in [-0.1, -0.05) is 19.3 Å². The summed E-state index contributed by atoms with van der Waals surface area (Å²) in [6.07, 6.45) is 7.76. The van der Waals surface area contributed by atoms with E-state index in [1.54, 1.807) is 0 Å². The Morgan fingerprint density at radius 3 is 2.56 bits per heavy atom. The Kier molecular flexibility index (Phi) is 3.85. The zero-order chi connectivity index (χ0) is 11.5. The van der Waals surface area contributed by atoms with E-state index in [0.29, 0.717) is 0 Å². The second-order valence-electron chi connectivity index (χ2n) is 5.44. The summed E-state index contributed by atoms with van der Waals surface area (Å²) in [5, 5.41) is 0. The molecule has 0 bridgehead atoms. The third kappa shape index (κ3) is 2.76. The van der Waals surface area contributed by atoms with E-state index in [4.69, 9.17) is 4.74 Å². The van der Waals surface area contributed by atoms with Gasteiger partial charge in [0.1, 0.15) is 12.1 Å². The summed E-state index contributed by atoms with van der Waals surface area (Å²) in [6.45, 7) is 3.04. The van der Waals surface area contributed by atoms with Crippen molar-refractivity contribution in [3.05, 3.63) is 0 Å². The predicted molar refractivity (Wildman–Crippen MR) is 63.2 cm³/mol. The van der Waals surface area contributed by atoms with Gasteiger partial charge < -0.3 is 4.74 Å². The summed E-state index contributed by atoms with van der Waals surface area (Å²) in [5.41, 5.74) is 0. The molecule has 0 N–H and O–H groups in total. The first-order valence-corrected chi connectivity index (χ1v) is 6.57. The zero-order valence-electron chi connectivity index (χ0n) is 10.4. The lowest BCUT2D eigenvalue weighted by Gasteiger charge is -2.29. The first kappa shape index (κ1) is 11.9. The van der Waals surface area contributed by atoms with E-state index >= 15 is 0 Å². The number of nitrogens with zero attached hydrogens (tertiary/aromatic N) is 1. The molecule has 0 unspecified atom stereocenters. The van der Waals surface area contributed by atoms with Crippen LogP contribution in [0.3, 0.4) is 0 Å². The van der Waals surface area contributed by atoms with Crippen LogP contribution in [0.15, 0.2) is 0 Å². The van der Waals surface area contributed by atoms with E-state index in [9.17, 15) is 4.79 Å². The fraction of sp³-hybridized carbons (Fsp3) is 0.923. The molecule has 2 atom stereocenters. The quantitative estimate of drug-likeness (QED) is 0.690. The molecule has 92 valence electrons. The molecule has 0 radical (unpaired) electrons. The molecule has 0 aromatic rings. The SMILES string of the molecule is C[C@H]1C[C@H](N(C)CC2CCCCC2)C(=O)O1. The molecule has 0 aromatic carbocycles. The molecule has 3 heteroatoms. The maximum Gasteiger partial charge on any atom is 0.323 e. The number of hydrogen-bond donors (Lipinski definition) is 0. The average Bonchev–Trinajstić information content (AvgIpc) is 2.59. The predicted octanol–water partition coefficient (Wildman–Crippen LogP) is 2.20. The second-order valence-corrected chi connectivity index (χ2v) is 5.44. The summed E-state index contributed by atoms with van der Waals surface area (Å²) < 4.78 is 5.20.